The lowest BCUT2D eigenvalue weighted by Gasteiger charge is -2.21. The molecule has 0 fully saturated rings. The Morgan fingerprint density at radius 1 is 1.10 bits per heavy atom. The van der Waals surface area contributed by atoms with E-state index in [9.17, 15) is 9.59 Å². The lowest BCUT2D eigenvalue weighted by Crippen LogP contribution is -2.12. The van der Waals surface area contributed by atoms with E-state index in [0.717, 1.165) is 22.5 Å². The van der Waals surface area contributed by atoms with Crippen molar-refractivity contribution in [1.29, 1.82) is 0 Å². The number of carbonyl (C=O) groups is 2. The quantitative estimate of drug-likeness (QED) is 0.441. The van der Waals surface area contributed by atoms with Crippen molar-refractivity contribution >= 4 is 17.4 Å². The molecule has 2 aromatic rings. The summed E-state index contributed by atoms with van der Waals surface area (Å²) < 4.78 is 5.42. The van der Waals surface area contributed by atoms with Crippen LogP contribution in [0, 0.1) is 12.3 Å². The average Bonchev–Trinajstić information content (AvgIpc) is 2.66. The highest BCUT2D eigenvalue weighted by Gasteiger charge is 2.18. The Morgan fingerprint density at radius 3 is 2.33 bits per heavy atom. The van der Waals surface area contributed by atoms with Crippen molar-refractivity contribution in [3.63, 3.8) is 0 Å². The first-order valence-corrected chi connectivity index (χ1v) is 10.0. The molecular formula is C26H31NO3. The summed E-state index contributed by atoms with van der Waals surface area (Å²) in [5.41, 5.74) is 3.83. The Morgan fingerprint density at radius 2 is 1.77 bits per heavy atom. The lowest BCUT2D eigenvalue weighted by molar-refractivity contribution is -0.117. The van der Waals surface area contributed by atoms with Gasteiger partial charge in [-0.2, -0.15) is 0 Å². The minimum absolute atomic E-state index is 0.0807. The topological polar surface area (TPSA) is 55.4 Å². The molecule has 1 amide bonds. The summed E-state index contributed by atoms with van der Waals surface area (Å²) in [6.45, 7) is 12.1. The maximum atomic E-state index is 12.4. The van der Waals surface area contributed by atoms with Crippen LogP contribution in [0.1, 0.15) is 48.7 Å². The standard InChI is InChI=1S/C26H31NO3/c1-18-8-7-9-21(14-18)25(29)27-22-12-10-20(11-13-22)17-23(28)15-19(2)16-24(30-6)26(3,4)5/h7-14,16H,2,15,17H2,1,3-6H3,(H,27,29)/b24-16-. The number of ether oxygens (including phenoxy) is 1. The molecule has 0 bridgehead atoms. The van der Waals surface area contributed by atoms with Gasteiger partial charge in [-0.05, 0) is 48.4 Å². The first kappa shape index (κ1) is 23.1. The second kappa shape index (κ2) is 10.1. The Balaban J connectivity index is 1.94. The molecular weight excluding hydrogens is 374 g/mol. The summed E-state index contributed by atoms with van der Waals surface area (Å²) in [5.74, 6) is 0.726. The van der Waals surface area contributed by atoms with E-state index >= 15 is 0 Å². The third-order valence-corrected chi connectivity index (χ3v) is 4.61. The predicted octanol–water partition coefficient (Wildman–Crippen LogP) is 5.88. The second-order valence-corrected chi connectivity index (χ2v) is 8.53. The number of hydrogen-bond acceptors (Lipinski definition) is 3. The molecule has 4 nitrogen and oxygen atoms in total. The number of amides is 1. The van der Waals surface area contributed by atoms with Crippen LogP contribution in [0.4, 0.5) is 5.69 Å². The van der Waals surface area contributed by atoms with Crippen molar-refractivity contribution < 1.29 is 14.3 Å². The SMILES string of the molecule is C=C(/C=C(\OC)C(C)(C)C)CC(=O)Cc1ccc(NC(=O)c2cccc(C)c2)cc1. The Hall–Kier alpha value is -3.14. The van der Waals surface area contributed by atoms with E-state index < -0.39 is 0 Å². The first-order valence-electron chi connectivity index (χ1n) is 10.0. The number of methoxy groups -OCH3 is 1. The molecule has 4 heteroatoms. The number of rotatable bonds is 8. The molecule has 158 valence electrons. The van der Waals surface area contributed by atoms with Crippen LogP contribution in [0.15, 0.2) is 72.5 Å². The van der Waals surface area contributed by atoms with Crippen LogP contribution in [-0.4, -0.2) is 18.8 Å². The Bertz CT molecular complexity index is 947. The number of anilines is 1. The van der Waals surface area contributed by atoms with E-state index in [2.05, 4.69) is 32.7 Å². The first-order chi connectivity index (χ1) is 14.1. The van der Waals surface area contributed by atoms with Crippen LogP contribution in [0.5, 0.6) is 0 Å². The molecule has 0 saturated carbocycles. The number of benzene rings is 2. The zero-order valence-electron chi connectivity index (χ0n) is 18.5. The van der Waals surface area contributed by atoms with Crippen molar-refractivity contribution in [1.82, 2.24) is 0 Å². The van der Waals surface area contributed by atoms with Crippen LogP contribution in [0.2, 0.25) is 0 Å². The molecule has 0 radical (unpaired) electrons. The third kappa shape index (κ3) is 7.03. The van der Waals surface area contributed by atoms with Gasteiger partial charge in [0, 0.05) is 29.5 Å². The smallest absolute Gasteiger partial charge is 0.255 e. The molecule has 0 unspecified atom stereocenters. The number of Topliss-reactive ketones (excluding diaryl/α,β-unsaturated/α-hetero) is 1. The zero-order chi connectivity index (χ0) is 22.3. The van der Waals surface area contributed by atoms with Gasteiger partial charge in [0.15, 0.2) is 0 Å². The highest BCUT2D eigenvalue weighted by Crippen LogP contribution is 2.27. The van der Waals surface area contributed by atoms with Gasteiger partial charge in [-0.3, -0.25) is 9.59 Å². The number of hydrogen-bond donors (Lipinski definition) is 1. The van der Waals surface area contributed by atoms with Gasteiger partial charge in [0.2, 0.25) is 0 Å². The van der Waals surface area contributed by atoms with Gasteiger partial charge in [0.1, 0.15) is 11.5 Å². The molecule has 2 rings (SSSR count). The van der Waals surface area contributed by atoms with Gasteiger partial charge >= 0.3 is 0 Å². The molecule has 30 heavy (non-hydrogen) atoms. The maximum Gasteiger partial charge on any atom is 0.255 e. The van der Waals surface area contributed by atoms with Crippen molar-refractivity contribution in [2.45, 2.75) is 40.5 Å². The van der Waals surface area contributed by atoms with Crippen LogP contribution in [-0.2, 0) is 16.0 Å². The Labute approximate surface area is 179 Å². The van der Waals surface area contributed by atoms with E-state index in [4.69, 9.17) is 4.74 Å². The highest BCUT2D eigenvalue weighted by atomic mass is 16.5. The van der Waals surface area contributed by atoms with E-state index in [0.29, 0.717) is 17.7 Å². The fourth-order valence-corrected chi connectivity index (χ4v) is 3.06. The molecule has 2 aromatic carbocycles. The van der Waals surface area contributed by atoms with Gasteiger partial charge in [-0.15, -0.1) is 0 Å². The molecule has 0 aliphatic rings. The molecule has 0 aliphatic carbocycles. The molecule has 1 N–H and O–H groups in total. The summed E-state index contributed by atoms with van der Waals surface area (Å²) in [4.78, 5) is 24.8. The minimum atomic E-state index is -0.154. The van der Waals surface area contributed by atoms with Crippen LogP contribution in [0.25, 0.3) is 0 Å². The summed E-state index contributed by atoms with van der Waals surface area (Å²) in [6.07, 6.45) is 2.44. The van der Waals surface area contributed by atoms with Crippen LogP contribution in [0.3, 0.4) is 0 Å². The zero-order valence-corrected chi connectivity index (χ0v) is 18.5. The van der Waals surface area contributed by atoms with Gasteiger partial charge in [0.05, 0.1) is 7.11 Å². The van der Waals surface area contributed by atoms with Gasteiger partial charge in [-0.1, -0.05) is 57.2 Å². The molecule has 0 atom stereocenters. The van der Waals surface area contributed by atoms with Crippen molar-refractivity contribution in [3.8, 4) is 0 Å². The molecule has 0 heterocycles. The summed E-state index contributed by atoms with van der Waals surface area (Å²) in [5, 5.41) is 2.88. The molecule has 0 aromatic heterocycles. The largest absolute Gasteiger partial charge is 0.501 e. The van der Waals surface area contributed by atoms with E-state index in [1.807, 2.05) is 55.5 Å². The van der Waals surface area contributed by atoms with Crippen molar-refractivity contribution in [2.75, 3.05) is 12.4 Å². The maximum absolute atomic E-state index is 12.4. The number of aryl methyl sites for hydroxylation is 1. The number of ketones is 1. The summed E-state index contributed by atoms with van der Waals surface area (Å²) in [7, 11) is 1.63. The fourth-order valence-electron chi connectivity index (χ4n) is 3.06. The van der Waals surface area contributed by atoms with E-state index in [-0.39, 0.29) is 23.5 Å². The molecule has 0 aliphatic heterocycles. The Kier molecular flexibility index (Phi) is 7.76. The summed E-state index contributed by atoms with van der Waals surface area (Å²) >= 11 is 0. The second-order valence-electron chi connectivity index (χ2n) is 8.53. The van der Waals surface area contributed by atoms with Gasteiger partial charge in [0.25, 0.3) is 5.91 Å². The van der Waals surface area contributed by atoms with E-state index in [1.165, 1.54) is 0 Å². The minimum Gasteiger partial charge on any atom is -0.501 e. The summed E-state index contributed by atoms with van der Waals surface area (Å²) in [6, 6.07) is 14.8. The average molecular weight is 406 g/mol. The lowest BCUT2D eigenvalue weighted by atomic mass is 9.91. The highest BCUT2D eigenvalue weighted by molar-refractivity contribution is 6.04. The normalized spacial score (nSPS) is 11.7. The number of allylic oxidation sites excluding steroid dienone is 3. The van der Waals surface area contributed by atoms with Gasteiger partial charge in [-0.25, -0.2) is 0 Å². The van der Waals surface area contributed by atoms with Crippen molar-refractivity contribution in [2.24, 2.45) is 5.41 Å². The monoisotopic (exact) mass is 405 g/mol. The van der Waals surface area contributed by atoms with Crippen LogP contribution < -0.4 is 5.32 Å². The molecule has 0 spiro atoms. The van der Waals surface area contributed by atoms with E-state index in [1.54, 1.807) is 13.2 Å². The van der Waals surface area contributed by atoms with Crippen molar-refractivity contribution in [3.05, 3.63) is 89.2 Å². The third-order valence-electron chi connectivity index (χ3n) is 4.61. The molecule has 0 saturated heterocycles. The van der Waals surface area contributed by atoms with Gasteiger partial charge < -0.3 is 10.1 Å². The fraction of sp³-hybridized carbons (Fsp3) is 0.308. The van der Waals surface area contributed by atoms with Crippen LogP contribution >= 0.6 is 0 Å². The number of nitrogens with one attached hydrogen (secondary N) is 1. The number of carbonyl (C=O) groups excluding carboxylic acids is 2. The predicted molar refractivity (Wildman–Crippen MR) is 123 cm³/mol.